The van der Waals surface area contributed by atoms with Crippen molar-refractivity contribution in [3.05, 3.63) is 11.6 Å². The van der Waals surface area contributed by atoms with Crippen LogP contribution < -0.4 is 0 Å². The third kappa shape index (κ3) is 5.52. The molecular weight excluding hydrogens is 218 g/mol. The number of nitrogens with zero attached hydrogens (tertiary/aromatic N) is 1. The van der Waals surface area contributed by atoms with Crippen LogP contribution in [0.2, 0.25) is 0 Å². The molecule has 2 atom stereocenters. The molecule has 0 fully saturated rings. The summed E-state index contributed by atoms with van der Waals surface area (Å²) in [6.45, 7) is 9.51. The van der Waals surface area contributed by atoms with E-state index in [4.69, 9.17) is 5.11 Å². The van der Waals surface area contributed by atoms with E-state index in [0.717, 1.165) is 12.0 Å². The smallest absolute Gasteiger partial charge is 0.308 e. The highest BCUT2D eigenvalue weighted by Gasteiger charge is 2.22. The van der Waals surface area contributed by atoms with Crippen LogP contribution in [0, 0.1) is 5.92 Å². The van der Waals surface area contributed by atoms with Crippen molar-refractivity contribution in [2.75, 3.05) is 6.54 Å². The molecule has 0 radical (unpaired) electrons. The van der Waals surface area contributed by atoms with Gasteiger partial charge in [0.2, 0.25) is 5.91 Å². The van der Waals surface area contributed by atoms with Gasteiger partial charge in [0.1, 0.15) is 0 Å². The van der Waals surface area contributed by atoms with E-state index in [1.807, 2.05) is 27.7 Å². The maximum atomic E-state index is 12.0. The van der Waals surface area contributed by atoms with Crippen molar-refractivity contribution in [1.82, 2.24) is 4.90 Å². The van der Waals surface area contributed by atoms with Crippen LogP contribution in [0.25, 0.3) is 0 Å². The van der Waals surface area contributed by atoms with Crippen LogP contribution in [0.5, 0.6) is 0 Å². The Labute approximate surface area is 103 Å². The van der Waals surface area contributed by atoms with Crippen LogP contribution in [0.4, 0.5) is 0 Å². The van der Waals surface area contributed by atoms with Crippen molar-refractivity contribution in [2.24, 2.45) is 5.92 Å². The average molecular weight is 241 g/mol. The molecule has 98 valence electrons. The molecule has 0 aromatic carbocycles. The number of aliphatic carboxylic acids is 1. The number of hydrogen-bond acceptors (Lipinski definition) is 2. The van der Waals surface area contributed by atoms with E-state index in [-0.39, 0.29) is 18.5 Å². The molecule has 0 aromatic heterocycles. The normalized spacial score (nSPS) is 13.7. The number of allylic oxidation sites excluding steroid dienone is 1. The second-order valence-electron chi connectivity index (χ2n) is 4.71. The average Bonchev–Trinajstić information content (AvgIpc) is 2.22. The van der Waals surface area contributed by atoms with Crippen LogP contribution in [0.15, 0.2) is 11.6 Å². The number of carboxylic acids is 1. The summed E-state index contributed by atoms with van der Waals surface area (Å²) < 4.78 is 0. The minimum absolute atomic E-state index is 0.0555. The lowest BCUT2D eigenvalue weighted by Gasteiger charge is -2.29. The monoisotopic (exact) mass is 241 g/mol. The highest BCUT2D eigenvalue weighted by Crippen LogP contribution is 2.10. The summed E-state index contributed by atoms with van der Waals surface area (Å²) in [7, 11) is 0. The molecular formula is C13H23NO3. The molecule has 0 saturated heterocycles. The summed E-state index contributed by atoms with van der Waals surface area (Å²) in [4.78, 5) is 24.4. The Balaban J connectivity index is 4.83. The Morgan fingerprint density at radius 2 is 1.82 bits per heavy atom. The zero-order chi connectivity index (χ0) is 13.6. The largest absolute Gasteiger partial charge is 0.481 e. The lowest BCUT2D eigenvalue weighted by atomic mass is 10.1. The summed E-state index contributed by atoms with van der Waals surface area (Å²) in [5.41, 5.74) is 0.922. The molecule has 0 aliphatic carbocycles. The van der Waals surface area contributed by atoms with E-state index in [1.54, 1.807) is 17.9 Å². The molecule has 17 heavy (non-hydrogen) atoms. The van der Waals surface area contributed by atoms with E-state index in [2.05, 4.69) is 0 Å². The van der Waals surface area contributed by atoms with Gasteiger partial charge in [0.05, 0.1) is 5.92 Å². The van der Waals surface area contributed by atoms with E-state index in [1.165, 1.54) is 0 Å². The van der Waals surface area contributed by atoms with Crippen LogP contribution in [-0.4, -0.2) is 34.5 Å². The molecule has 0 aliphatic rings. The van der Waals surface area contributed by atoms with Crippen molar-refractivity contribution < 1.29 is 14.7 Å². The van der Waals surface area contributed by atoms with Crippen molar-refractivity contribution in [3.63, 3.8) is 0 Å². The first-order chi connectivity index (χ1) is 7.79. The molecule has 0 bridgehead atoms. The van der Waals surface area contributed by atoms with E-state index in [0.29, 0.717) is 0 Å². The lowest BCUT2D eigenvalue weighted by molar-refractivity contribution is -0.143. The number of amides is 1. The number of carbonyl (C=O) groups excluding carboxylic acids is 1. The zero-order valence-electron chi connectivity index (χ0n) is 11.4. The summed E-state index contributed by atoms with van der Waals surface area (Å²) in [5, 5.41) is 8.90. The maximum Gasteiger partial charge on any atom is 0.308 e. The highest BCUT2D eigenvalue weighted by atomic mass is 16.4. The van der Waals surface area contributed by atoms with Crippen LogP contribution in [-0.2, 0) is 9.59 Å². The lowest BCUT2D eigenvalue weighted by Crippen LogP contribution is -2.41. The van der Waals surface area contributed by atoms with E-state index in [9.17, 15) is 9.59 Å². The highest BCUT2D eigenvalue weighted by molar-refractivity contribution is 5.88. The van der Waals surface area contributed by atoms with Gasteiger partial charge in [0.25, 0.3) is 0 Å². The van der Waals surface area contributed by atoms with Gasteiger partial charge in [-0.1, -0.05) is 19.4 Å². The molecule has 4 nitrogen and oxygen atoms in total. The van der Waals surface area contributed by atoms with E-state index >= 15 is 0 Å². The summed E-state index contributed by atoms with van der Waals surface area (Å²) >= 11 is 0. The summed E-state index contributed by atoms with van der Waals surface area (Å²) in [6, 6.07) is 0.0555. The number of rotatable bonds is 6. The first-order valence-electron chi connectivity index (χ1n) is 5.97. The fourth-order valence-corrected chi connectivity index (χ4v) is 1.41. The fourth-order valence-electron chi connectivity index (χ4n) is 1.41. The minimum atomic E-state index is -0.872. The fraction of sp³-hybridized carbons (Fsp3) is 0.692. The van der Waals surface area contributed by atoms with Gasteiger partial charge in [-0.25, -0.2) is 0 Å². The molecule has 0 spiro atoms. The van der Waals surface area contributed by atoms with Crippen LogP contribution in [0.1, 0.15) is 41.0 Å². The standard InChI is InChI=1S/C13H23NO3/c1-6-11(5)14(8-10(4)13(16)17)12(15)7-9(2)3/h7,10-11H,6,8H2,1-5H3,(H,16,17). The molecule has 1 N–H and O–H groups in total. The quantitative estimate of drug-likeness (QED) is 0.726. The van der Waals surface area contributed by atoms with Gasteiger partial charge in [0.15, 0.2) is 0 Å². The van der Waals surface area contributed by atoms with Gasteiger partial charge >= 0.3 is 5.97 Å². The number of carbonyl (C=O) groups is 2. The Morgan fingerprint density at radius 3 is 2.18 bits per heavy atom. The second kappa shape index (κ2) is 7.09. The SMILES string of the molecule is CCC(C)N(CC(C)C(=O)O)C(=O)C=C(C)C. The second-order valence-corrected chi connectivity index (χ2v) is 4.71. The summed E-state index contributed by atoms with van der Waals surface area (Å²) in [6.07, 6.45) is 2.37. The predicted octanol–water partition coefficient (Wildman–Crippen LogP) is 2.30. The molecule has 4 heteroatoms. The van der Waals surface area contributed by atoms with Crippen molar-refractivity contribution >= 4 is 11.9 Å². The molecule has 1 amide bonds. The molecule has 0 aromatic rings. The van der Waals surface area contributed by atoms with Crippen molar-refractivity contribution in [3.8, 4) is 0 Å². The first-order valence-corrected chi connectivity index (χ1v) is 5.97. The molecule has 2 unspecified atom stereocenters. The Bertz CT molecular complexity index is 306. The van der Waals surface area contributed by atoms with Gasteiger partial charge in [-0.3, -0.25) is 9.59 Å². The molecule has 0 saturated carbocycles. The van der Waals surface area contributed by atoms with E-state index < -0.39 is 11.9 Å². The third-order valence-electron chi connectivity index (χ3n) is 2.71. The third-order valence-corrected chi connectivity index (χ3v) is 2.71. The van der Waals surface area contributed by atoms with Crippen LogP contribution in [0.3, 0.4) is 0 Å². The minimum Gasteiger partial charge on any atom is -0.481 e. The summed E-state index contributed by atoms with van der Waals surface area (Å²) in [5.74, 6) is -1.52. The van der Waals surface area contributed by atoms with Crippen LogP contribution >= 0.6 is 0 Å². The Kier molecular flexibility index (Phi) is 6.54. The Hall–Kier alpha value is -1.32. The van der Waals surface area contributed by atoms with Gasteiger partial charge in [-0.2, -0.15) is 0 Å². The number of carboxylic acid groups (broad SMARTS) is 1. The van der Waals surface area contributed by atoms with Gasteiger partial charge < -0.3 is 10.0 Å². The molecule has 0 heterocycles. The topological polar surface area (TPSA) is 57.6 Å². The Morgan fingerprint density at radius 1 is 1.29 bits per heavy atom. The molecule has 0 rings (SSSR count). The van der Waals surface area contributed by atoms with Crippen molar-refractivity contribution in [2.45, 2.75) is 47.1 Å². The predicted molar refractivity (Wildman–Crippen MR) is 67.7 cm³/mol. The first kappa shape index (κ1) is 15.7. The van der Waals surface area contributed by atoms with Crippen molar-refractivity contribution in [1.29, 1.82) is 0 Å². The molecule has 0 aliphatic heterocycles. The number of hydrogen-bond donors (Lipinski definition) is 1. The van der Waals surface area contributed by atoms with Gasteiger partial charge in [-0.05, 0) is 27.2 Å². The maximum absolute atomic E-state index is 12.0. The van der Waals surface area contributed by atoms with Gasteiger partial charge in [-0.15, -0.1) is 0 Å². The van der Waals surface area contributed by atoms with Gasteiger partial charge in [0, 0.05) is 18.7 Å². The zero-order valence-corrected chi connectivity index (χ0v) is 11.4.